The fourth-order valence-corrected chi connectivity index (χ4v) is 2.46. The standard InChI is InChI=1S/C14H27NO3/c1-3-5-13-6-8-15(9-7-13)10-11-17-12-14(16)18-4-2/h13H,3-12H2,1-2H3. The summed E-state index contributed by atoms with van der Waals surface area (Å²) in [5.41, 5.74) is 0. The van der Waals surface area contributed by atoms with Crippen LogP contribution in [0.5, 0.6) is 0 Å². The molecule has 1 rings (SSSR count). The summed E-state index contributed by atoms with van der Waals surface area (Å²) >= 11 is 0. The summed E-state index contributed by atoms with van der Waals surface area (Å²) in [6.45, 7) is 8.47. The first-order valence-corrected chi connectivity index (χ1v) is 7.22. The van der Waals surface area contributed by atoms with Crippen molar-refractivity contribution in [2.75, 3.05) is 39.5 Å². The molecule has 0 radical (unpaired) electrons. The van der Waals surface area contributed by atoms with Crippen molar-refractivity contribution in [2.45, 2.75) is 39.5 Å². The maximum Gasteiger partial charge on any atom is 0.332 e. The molecule has 0 bridgehead atoms. The van der Waals surface area contributed by atoms with E-state index in [9.17, 15) is 4.79 Å². The van der Waals surface area contributed by atoms with Crippen LogP contribution in [0, 0.1) is 5.92 Å². The predicted octanol–water partition coefficient (Wildman–Crippen LogP) is 2.08. The molecule has 4 heteroatoms. The minimum absolute atomic E-state index is 0.0835. The molecule has 0 amide bonds. The molecule has 0 atom stereocenters. The van der Waals surface area contributed by atoms with Crippen molar-refractivity contribution in [1.82, 2.24) is 4.90 Å². The van der Waals surface area contributed by atoms with E-state index >= 15 is 0 Å². The molecule has 106 valence electrons. The van der Waals surface area contributed by atoms with Gasteiger partial charge in [0.05, 0.1) is 13.2 Å². The van der Waals surface area contributed by atoms with Gasteiger partial charge in [0, 0.05) is 6.54 Å². The quantitative estimate of drug-likeness (QED) is 0.493. The monoisotopic (exact) mass is 257 g/mol. The van der Waals surface area contributed by atoms with Crippen LogP contribution in [0.4, 0.5) is 0 Å². The zero-order valence-electron chi connectivity index (χ0n) is 11.8. The number of hydrogen-bond acceptors (Lipinski definition) is 4. The predicted molar refractivity (Wildman–Crippen MR) is 71.5 cm³/mol. The third-order valence-electron chi connectivity index (χ3n) is 3.48. The molecule has 0 aliphatic carbocycles. The van der Waals surface area contributed by atoms with Gasteiger partial charge in [-0.3, -0.25) is 0 Å². The molecule has 0 aromatic heterocycles. The number of carbonyl (C=O) groups is 1. The molecule has 0 unspecified atom stereocenters. The van der Waals surface area contributed by atoms with Crippen molar-refractivity contribution in [3.05, 3.63) is 0 Å². The van der Waals surface area contributed by atoms with Crippen LogP contribution in [0.2, 0.25) is 0 Å². The van der Waals surface area contributed by atoms with E-state index in [1.807, 2.05) is 0 Å². The van der Waals surface area contributed by atoms with E-state index in [1.54, 1.807) is 6.92 Å². The van der Waals surface area contributed by atoms with Gasteiger partial charge in [-0.05, 0) is 38.8 Å². The van der Waals surface area contributed by atoms with Gasteiger partial charge in [-0.1, -0.05) is 19.8 Å². The number of carbonyl (C=O) groups excluding carboxylic acids is 1. The number of esters is 1. The Morgan fingerprint density at radius 2 is 2.00 bits per heavy atom. The fourth-order valence-electron chi connectivity index (χ4n) is 2.46. The van der Waals surface area contributed by atoms with Gasteiger partial charge in [-0.2, -0.15) is 0 Å². The Morgan fingerprint density at radius 1 is 1.28 bits per heavy atom. The Kier molecular flexibility index (Phi) is 8.01. The van der Waals surface area contributed by atoms with E-state index < -0.39 is 0 Å². The lowest BCUT2D eigenvalue weighted by Gasteiger charge is -2.31. The zero-order valence-corrected chi connectivity index (χ0v) is 11.8. The van der Waals surface area contributed by atoms with Crippen molar-refractivity contribution in [3.63, 3.8) is 0 Å². The third kappa shape index (κ3) is 6.36. The molecule has 1 aliphatic rings. The Morgan fingerprint density at radius 3 is 2.61 bits per heavy atom. The van der Waals surface area contributed by atoms with Crippen LogP contribution in [0.1, 0.15) is 39.5 Å². The van der Waals surface area contributed by atoms with E-state index in [1.165, 1.54) is 38.8 Å². The van der Waals surface area contributed by atoms with E-state index in [0.29, 0.717) is 13.2 Å². The number of hydrogen-bond donors (Lipinski definition) is 0. The Balaban J connectivity index is 1.99. The second-order valence-corrected chi connectivity index (χ2v) is 4.93. The molecular weight excluding hydrogens is 230 g/mol. The molecule has 0 N–H and O–H groups in total. The molecule has 1 saturated heterocycles. The molecule has 1 fully saturated rings. The number of nitrogens with zero attached hydrogens (tertiary/aromatic N) is 1. The van der Waals surface area contributed by atoms with E-state index in [-0.39, 0.29) is 12.6 Å². The highest BCUT2D eigenvalue weighted by molar-refractivity contribution is 5.70. The van der Waals surface area contributed by atoms with E-state index in [0.717, 1.165) is 12.5 Å². The summed E-state index contributed by atoms with van der Waals surface area (Å²) in [5, 5.41) is 0. The van der Waals surface area contributed by atoms with Gasteiger partial charge in [-0.15, -0.1) is 0 Å². The lowest BCUT2D eigenvalue weighted by molar-refractivity contribution is -0.148. The second-order valence-electron chi connectivity index (χ2n) is 4.93. The molecule has 0 aromatic carbocycles. The average molecular weight is 257 g/mol. The Hall–Kier alpha value is -0.610. The van der Waals surface area contributed by atoms with Crippen LogP contribution < -0.4 is 0 Å². The van der Waals surface area contributed by atoms with Gasteiger partial charge in [0.2, 0.25) is 0 Å². The number of piperidine rings is 1. The lowest BCUT2D eigenvalue weighted by Crippen LogP contribution is -2.36. The van der Waals surface area contributed by atoms with Gasteiger partial charge in [0.15, 0.2) is 0 Å². The maximum absolute atomic E-state index is 11.0. The molecule has 0 saturated carbocycles. The van der Waals surface area contributed by atoms with Crippen molar-refractivity contribution in [3.8, 4) is 0 Å². The van der Waals surface area contributed by atoms with E-state index in [4.69, 9.17) is 9.47 Å². The van der Waals surface area contributed by atoms with Gasteiger partial charge >= 0.3 is 5.97 Å². The first-order valence-electron chi connectivity index (χ1n) is 7.22. The second kappa shape index (κ2) is 9.34. The highest BCUT2D eigenvalue weighted by Gasteiger charge is 2.17. The normalized spacial score (nSPS) is 17.9. The number of likely N-dealkylation sites (tertiary alicyclic amines) is 1. The summed E-state index contributed by atoms with van der Waals surface area (Å²) in [6.07, 6.45) is 5.29. The number of rotatable bonds is 8. The largest absolute Gasteiger partial charge is 0.464 e. The molecular formula is C14H27NO3. The van der Waals surface area contributed by atoms with Crippen molar-refractivity contribution in [1.29, 1.82) is 0 Å². The van der Waals surface area contributed by atoms with Crippen LogP contribution >= 0.6 is 0 Å². The highest BCUT2D eigenvalue weighted by atomic mass is 16.6. The van der Waals surface area contributed by atoms with Gasteiger partial charge < -0.3 is 14.4 Å². The summed E-state index contributed by atoms with van der Waals surface area (Å²) in [6, 6.07) is 0. The lowest BCUT2D eigenvalue weighted by atomic mass is 9.92. The SMILES string of the molecule is CCCC1CCN(CCOCC(=O)OCC)CC1. The molecule has 18 heavy (non-hydrogen) atoms. The van der Waals surface area contributed by atoms with Crippen molar-refractivity contribution >= 4 is 5.97 Å². The Bertz CT molecular complexity index is 225. The number of ether oxygens (including phenoxy) is 2. The summed E-state index contributed by atoms with van der Waals surface area (Å²) in [5.74, 6) is 0.658. The van der Waals surface area contributed by atoms with Gasteiger partial charge in [0.1, 0.15) is 6.61 Å². The summed E-state index contributed by atoms with van der Waals surface area (Å²) < 4.78 is 10.1. The Labute approximate surface area is 111 Å². The first-order chi connectivity index (χ1) is 8.76. The smallest absolute Gasteiger partial charge is 0.332 e. The van der Waals surface area contributed by atoms with Crippen LogP contribution in [0.25, 0.3) is 0 Å². The van der Waals surface area contributed by atoms with Crippen LogP contribution in [0.3, 0.4) is 0 Å². The van der Waals surface area contributed by atoms with E-state index in [2.05, 4.69) is 11.8 Å². The molecule has 0 aromatic rings. The minimum Gasteiger partial charge on any atom is -0.464 e. The van der Waals surface area contributed by atoms with Crippen LogP contribution in [0.15, 0.2) is 0 Å². The van der Waals surface area contributed by atoms with Gasteiger partial charge in [-0.25, -0.2) is 4.79 Å². The average Bonchev–Trinajstić information content (AvgIpc) is 2.37. The first kappa shape index (κ1) is 15.4. The third-order valence-corrected chi connectivity index (χ3v) is 3.48. The minimum atomic E-state index is -0.265. The highest BCUT2D eigenvalue weighted by Crippen LogP contribution is 2.21. The molecule has 1 heterocycles. The van der Waals surface area contributed by atoms with Crippen LogP contribution in [-0.4, -0.2) is 50.3 Å². The maximum atomic E-state index is 11.0. The topological polar surface area (TPSA) is 38.8 Å². The molecule has 0 spiro atoms. The molecule has 1 aliphatic heterocycles. The van der Waals surface area contributed by atoms with Gasteiger partial charge in [0.25, 0.3) is 0 Å². The van der Waals surface area contributed by atoms with Crippen molar-refractivity contribution in [2.24, 2.45) is 5.92 Å². The summed E-state index contributed by atoms with van der Waals surface area (Å²) in [4.78, 5) is 13.5. The summed E-state index contributed by atoms with van der Waals surface area (Å²) in [7, 11) is 0. The zero-order chi connectivity index (χ0) is 13.2. The van der Waals surface area contributed by atoms with Crippen molar-refractivity contribution < 1.29 is 14.3 Å². The fraction of sp³-hybridized carbons (Fsp3) is 0.929. The molecule has 4 nitrogen and oxygen atoms in total. The van der Waals surface area contributed by atoms with Crippen LogP contribution in [-0.2, 0) is 14.3 Å².